The summed E-state index contributed by atoms with van der Waals surface area (Å²) in [7, 11) is 0. The van der Waals surface area contributed by atoms with Gasteiger partial charge in [-0.1, -0.05) is 18.2 Å². The monoisotopic (exact) mass is 337 g/mol. The number of pyridine rings is 1. The Balaban J connectivity index is 1.42. The number of nitrogens with zero attached hydrogens (tertiary/aromatic N) is 5. The van der Waals surface area contributed by atoms with E-state index in [0.29, 0.717) is 18.7 Å². The molecule has 0 saturated carbocycles. The van der Waals surface area contributed by atoms with E-state index in [-0.39, 0.29) is 24.2 Å². The highest BCUT2D eigenvalue weighted by Crippen LogP contribution is 2.27. The van der Waals surface area contributed by atoms with Gasteiger partial charge in [0.15, 0.2) is 5.82 Å². The third-order valence-electron chi connectivity index (χ3n) is 4.40. The quantitative estimate of drug-likeness (QED) is 0.731. The second kappa shape index (κ2) is 6.43. The topological polar surface area (TPSA) is 63.9 Å². The Morgan fingerprint density at radius 2 is 2.04 bits per heavy atom. The maximum Gasteiger partial charge on any atom is 0.227 e. The number of hydrogen-bond donors (Lipinski definition) is 0. The molecule has 0 radical (unpaired) electrons. The molecule has 0 N–H and O–H groups in total. The second-order valence-electron chi connectivity index (χ2n) is 6.02. The van der Waals surface area contributed by atoms with Crippen molar-refractivity contribution in [3.63, 3.8) is 0 Å². The maximum absolute atomic E-state index is 13.7. The van der Waals surface area contributed by atoms with Gasteiger partial charge in [0.1, 0.15) is 12.1 Å². The van der Waals surface area contributed by atoms with Gasteiger partial charge in [0, 0.05) is 31.0 Å². The van der Waals surface area contributed by atoms with E-state index in [1.165, 1.54) is 6.07 Å². The number of carbonyl (C=O) groups excluding carboxylic acids is 1. The van der Waals surface area contributed by atoms with Gasteiger partial charge in [0.05, 0.1) is 12.5 Å². The number of rotatable bonds is 4. The lowest BCUT2D eigenvalue weighted by Crippen LogP contribution is -2.51. The van der Waals surface area contributed by atoms with Gasteiger partial charge in [-0.15, -0.1) is 10.2 Å². The summed E-state index contributed by atoms with van der Waals surface area (Å²) in [6.07, 6.45) is 5.19. The third-order valence-corrected chi connectivity index (χ3v) is 4.40. The van der Waals surface area contributed by atoms with E-state index >= 15 is 0 Å². The fourth-order valence-electron chi connectivity index (χ4n) is 2.96. The highest BCUT2D eigenvalue weighted by Gasteiger charge is 2.33. The molecule has 3 aromatic rings. The van der Waals surface area contributed by atoms with Crippen molar-refractivity contribution in [1.82, 2.24) is 24.6 Å². The van der Waals surface area contributed by atoms with E-state index < -0.39 is 0 Å². The zero-order valence-electron chi connectivity index (χ0n) is 13.4. The highest BCUT2D eigenvalue weighted by atomic mass is 19.1. The average molecular weight is 337 g/mol. The molecule has 126 valence electrons. The molecule has 2 aromatic heterocycles. The number of hydrogen-bond acceptors (Lipinski definition) is 4. The van der Waals surface area contributed by atoms with Crippen LogP contribution < -0.4 is 0 Å². The van der Waals surface area contributed by atoms with Crippen LogP contribution in [0.25, 0.3) is 11.4 Å². The molecule has 1 aliphatic rings. The van der Waals surface area contributed by atoms with Crippen LogP contribution >= 0.6 is 0 Å². The molecule has 0 atom stereocenters. The Hall–Kier alpha value is -3.09. The molecule has 1 aromatic carbocycles. The van der Waals surface area contributed by atoms with Crippen LogP contribution in [-0.2, 0) is 11.2 Å². The summed E-state index contributed by atoms with van der Waals surface area (Å²) >= 11 is 0. The van der Waals surface area contributed by atoms with Crippen molar-refractivity contribution >= 4 is 5.91 Å². The predicted octanol–water partition coefficient (Wildman–Crippen LogP) is 2.11. The van der Waals surface area contributed by atoms with Gasteiger partial charge in [0.25, 0.3) is 0 Å². The fourth-order valence-corrected chi connectivity index (χ4v) is 2.96. The minimum atomic E-state index is -0.342. The molecule has 0 spiro atoms. The number of carbonyl (C=O) groups is 1. The van der Waals surface area contributed by atoms with E-state index in [1.807, 2.05) is 16.7 Å². The molecule has 0 aliphatic carbocycles. The molecule has 1 fully saturated rings. The number of halogens is 1. The van der Waals surface area contributed by atoms with Crippen LogP contribution in [0.4, 0.5) is 4.39 Å². The SMILES string of the molecule is O=C(Cc1ccccc1F)N1CC(n2cnnc2-c2cccnc2)C1. The van der Waals surface area contributed by atoms with Crippen LogP contribution in [0.2, 0.25) is 0 Å². The Morgan fingerprint density at radius 3 is 2.80 bits per heavy atom. The summed E-state index contributed by atoms with van der Waals surface area (Å²) in [5.74, 6) is 0.322. The number of amides is 1. The van der Waals surface area contributed by atoms with Crippen molar-refractivity contribution in [2.75, 3.05) is 13.1 Å². The van der Waals surface area contributed by atoms with Gasteiger partial charge in [-0.05, 0) is 23.8 Å². The summed E-state index contributed by atoms with van der Waals surface area (Å²) in [6, 6.07) is 10.3. The molecule has 1 aliphatic heterocycles. The fraction of sp³-hybridized carbons (Fsp3) is 0.222. The molecule has 0 bridgehead atoms. The summed E-state index contributed by atoms with van der Waals surface area (Å²) in [6.45, 7) is 1.14. The Kier molecular flexibility index (Phi) is 3.97. The molecular formula is C18H16FN5O. The van der Waals surface area contributed by atoms with E-state index in [1.54, 1.807) is 41.8 Å². The number of likely N-dealkylation sites (tertiary alicyclic amines) is 1. The van der Waals surface area contributed by atoms with Crippen molar-refractivity contribution in [3.8, 4) is 11.4 Å². The van der Waals surface area contributed by atoms with Crippen LogP contribution in [0.3, 0.4) is 0 Å². The van der Waals surface area contributed by atoms with Crippen molar-refractivity contribution in [1.29, 1.82) is 0 Å². The van der Waals surface area contributed by atoms with Crippen molar-refractivity contribution < 1.29 is 9.18 Å². The first kappa shape index (κ1) is 15.4. The largest absolute Gasteiger partial charge is 0.338 e. The predicted molar refractivity (Wildman–Crippen MR) is 89.0 cm³/mol. The van der Waals surface area contributed by atoms with Gasteiger partial charge < -0.3 is 9.47 Å². The third kappa shape index (κ3) is 3.00. The lowest BCUT2D eigenvalue weighted by atomic mass is 10.1. The molecule has 6 nitrogen and oxygen atoms in total. The summed E-state index contributed by atoms with van der Waals surface area (Å²) in [5, 5.41) is 8.14. The van der Waals surface area contributed by atoms with Crippen LogP contribution in [-0.4, -0.2) is 43.6 Å². The first-order valence-electron chi connectivity index (χ1n) is 8.03. The van der Waals surface area contributed by atoms with Crippen molar-refractivity contribution in [2.24, 2.45) is 0 Å². The average Bonchev–Trinajstić information content (AvgIpc) is 3.06. The lowest BCUT2D eigenvalue weighted by molar-refractivity contribution is -0.136. The van der Waals surface area contributed by atoms with E-state index in [9.17, 15) is 9.18 Å². The Labute approximate surface area is 143 Å². The molecule has 1 saturated heterocycles. The standard InChI is InChI=1S/C18H16FN5O/c19-16-6-2-1-4-13(16)8-17(25)23-10-15(11-23)24-12-21-22-18(24)14-5-3-7-20-9-14/h1-7,9,12,15H,8,10-11H2. The summed E-state index contributed by atoms with van der Waals surface area (Å²) in [4.78, 5) is 18.2. The first-order chi connectivity index (χ1) is 12.2. The minimum absolute atomic E-state index is 0.0719. The summed E-state index contributed by atoms with van der Waals surface area (Å²) < 4.78 is 15.6. The van der Waals surface area contributed by atoms with Crippen LogP contribution in [0.1, 0.15) is 11.6 Å². The van der Waals surface area contributed by atoms with Crippen molar-refractivity contribution in [3.05, 3.63) is 66.5 Å². The van der Waals surface area contributed by atoms with Gasteiger partial charge in [-0.2, -0.15) is 0 Å². The minimum Gasteiger partial charge on any atom is -0.338 e. The molecule has 4 rings (SSSR count). The second-order valence-corrected chi connectivity index (χ2v) is 6.02. The summed E-state index contributed by atoms with van der Waals surface area (Å²) in [5.41, 5.74) is 1.31. The van der Waals surface area contributed by atoms with Gasteiger partial charge >= 0.3 is 0 Å². The van der Waals surface area contributed by atoms with Crippen molar-refractivity contribution in [2.45, 2.75) is 12.5 Å². The normalized spacial score (nSPS) is 14.4. The van der Waals surface area contributed by atoms with Gasteiger partial charge in [0.2, 0.25) is 5.91 Å². The molecule has 3 heterocycles. The molecular weight excluding hydrogens is 321 g/mol. The maximum atomic E-state index is 13.7. The lowest BCUT2D eigenvalue weighted by Gasteiger charge is -2.40. The van der Waals surface area contributed by atoms with Crippen LogP contribution in [0.15, 0.2) is 55.1 Å². The molecule has 0 unspecified atom stereocenters. The zero-order chi connectivity index (χ0) is 17.2. The molecule has 25 heavy (non-hydrogen) atoms. The van der Waals surface area contributed by atoms with E-state index in [0.717, 1.165) is 11.4 Å². The zero-order valence-corrected chi connectivity index (χ0v) is 13.4. The van der Waals surface area contributed by atoms with Gasteiger partial charge in [-0.3, -0.25) is 9.78 Å². The molecule has 1 amide bonds. The number of benzene rings is 1. The Bertz CT molecular complexity index is 889. The highest BCUT2D eigenvalue weighted by molar-refractivity contribution is 5.79. The smallest absolute Gasteiger partial charge is 0.227 e. The number of aromatic nitrogens is 4. The molecule has 7 heteroatoms. The van der Waals surface area contributed by atoms with E-state index in [4.69, 9.17) is 0 Å². The first-order valence-corrected chi connectivity index (χ1v) is 8.03. The van der Waals surface area contributed by atoms with Crippen LogP contribution in [0, 0.1) is 5.82 Å². The Morgan fingerprint density at radius 1 is 1.20 bits per heavy atom. The van der Waals surface area contributed by atoms with Gasteiger partial charge in [-0.25, -0.2) is 4.39 Å². The van der Waals surface area contributed by atoms with Crippen LogP contribution in [0.5, 0.6) is 0 Å². The van der Waals surface area contributed by atoms with E-state index in [2.05, 4.69) is 15.2 Å².